The standard InChI is InChI=1S/C8H10BrNO2/c9-7-3-1-6(2-4-7)8(5-11)12-10/h1-4,8,11H,5,10H2. The molecule has 0 heterocycles. The van der Waals surface area contributed by atoms with E-state index >= 15 is 0 Å². The quantitative estimate of drug-likeness (QED) is 0.774. The summed E-state index contributed by atoms with van der Waals surface area (Å²) in [5, 5.41) is 8.83. The highest BCUT2D eigenvalue weighted by Crippen LogP contribution is 2.17. The van der Waals surface area contributed by atoms with Gasteiger partial charge in [0.25, 0.3) is 0 Å². The van der Waals surface area contributed by atoms with Crippen LogP contribution in [0.25, 0.3) is 0 Å². The van der Waals surface area contributed by atoms with Crippen molar-refractivity contribution in [3.8, 4) is 0 Å². The second-order valence-corrected chi connectivity index (χ2v) is 3.27. The van der Waals surface area contributed by atoms with E-state index in [4.69, 9.17) is 11.0 Å². The van der Waals surface area contributed by atoms with Gasteiger partial charge < -0.3 is 5.11 Å². The van der Waals surface area contributed by atoms with Crippen molar-refractivity contribution in [1.82, 2.24) is 0 Å². The predicted molar refractivity (Wildman–Crippen MR) is 49.2 cm³/mol. The molecule has 3 nitrogen and oxygen atoms in total. The summed E-state index contributed by atoms with van der Waals surface area (Å²) in [6.07, 6.45) is -0.432. The van der Waals surface area contributed by atoms with E-state index in [2.05, 4.69) is 20.8 Å². The molecule has 0 aliphatic heterocycles. The molecule has 4 heteroatoms. The lowest BCUT2D eigenvalue weighted by molar-refractivity contribution is 0.0108. The molecule has 0 saturated carbocycles. The van der Waals surface area contributed by atoms with E-state index in [1.807, 2.05) is 24.3 Å². The highest BCUT2D eigenvalue weighted by Gasteiger charge is 2.08. The van der Waals surface area contributed by atoms with Gasteiger partial charge in [0.15, 0.2) is 0 Å². The maximum Gasteiger partial charge on any atom is 0.127 e. The first kappa shape index (κ1) is 9.67. The Hall–Kier alpha value is -0.420. The Kier molecular flexibility index (Phi) is 3.68. The Balaban J connectivity index is 2.80. The third-order valence-electron chi connectivity index (χ3n) is 1.57. The second kappa shape index (κ2) is 4.57. The molecule has 1 rings (SSSR count). The summed E-state index contributed by atoms with van der Waals surface area (Å²) < 4.78 is 0.986. The molecule has 0 spiro atoms. The van der Waals surface area contributed by atoms with Crippen molar-refractivity contribution < 1.29 is 9.94 Å². The smallest absolute Gasteiger partial charge is 0.127 e. The lowest BCUT2D eigenvalue weighted by atomic mass is 10.1. The van der Waals surface area contributed by atoms with Gasteiger partial charge in [-0.05, 0) is 17.7 Å². The van der Waals surface area contributed by atoms with Crippen LogP contribution in [-0.4, -0.2) is 11.7 Å². The molecule has 12 heavy (non-hydrogen) atoms. The highest BCUT2D eigenvalue weighted by molar-refractivity contribution is 9.10. The molecule has 0 radical (unpaired) electrons. The Morgan fingerprint density at radius 3 is 2.42 bits per heavy atom. The molecule has 66 valence electrons. The molecule has 1 unspecified atom stereocenters. The van der Waals surface area contributed by atoms with E-state index in [-0.39, 0.29) is 6.61 Å². The molecule has 0 bridgehead atoms. The van der Waals surface area contributed by atoms with E-state index in [0.29, 0.717) is 0 Å². The van der Waals surface area contributed by atoms with Gasteiger partial charge in [-0.2, -0.15) is 0 Å². The van der Waals surface area contributed by atoms with Gasteiger partial charge in [0, 0.05) is 4.47 Å². The number of halogens is 1. The molecule has 1 aromatic carbocycles. The summed E-state index contributed by atoms with van der Waals surface area (Å²) in [5.41, 5.74) is 0.864. The maximum atomic E-state index is 8.83. The minimum atomic E-state index is -0.432. The summed E-state index contributed by atoms with van der Waals surface area (Å²) in [7, 11) is 0. The van der Waals surface area contributed by atoms with Gasteiger partial charge in [-0.3, -0.25) is 4.84 Å². The lowest BCUT2D eigenvalue weighted by Gasteiger charge is -2.10. The van der Waals surface area contributed by atoms with E-state index in [1.54, 1.807) is 0 Å². The summed E-state index contributed by atoms with van der Waals surface area (Å²) in [6.45, 7) is -0.113. The Morgan fingerprint density at radius 1 is 1.42 bits per heavy atom. The van der Waals surface area contributed by atoms with Crippen molar-refractivity contribution >= 4 is 15.9 Å². The second-order valence-electron chi connectivity index (χ2n) is 2.36. The Morgan fingerprint density at radius 2 is 2.00 bits per heavy atom. The molecule has 0 saturated heterocycles. The molecule has 0 aliphatic rings. The molecule has 1 aromatic rings. The molecule has 3 N–H and O–H groups in total. The van der Waals surface area contributed by atoms with Gasteiger partial charge in [-0.1, -0.05) is 28.1 Å². The molecular formula is C8H10BrNO2. The van der Waals surface area contributed by atoms with Crippen LogP contribution in [0.15, 0.2) is 28.7 Å². The van der Waals surface area contributed by atoms with Crippen LogP contribution in [0.4, 0.5) is 0 Å². The zero-order valence-electron chi connectivity index (χ0n) is 6.40. The summed E-state index contributed by atoms with van der Waals surface area (Å²) >= 11 is 3.30. The van der Waals surface area contributed by atoms with Gasteiger partial charge in [0.1, 0.15) is 6.10 Å². The van der Waals surface area contributed by atoms with E-state index in [1.165, 1.54) is 0 Å². The number of hydrogen-bond donors (Lipinski definition) is 2. The zero-order chi connectivity index (χ0) is 8.97. The van der Waals surface area contributed by atoms with Gasteiger partial charge in [-0.25, -0.2) is 5.90 Å². The first-order valence-corrected chi connectivity index (χ1v) is 4.29. The minimum absolute atomic E-state index is 0.113. The number of benzene rings is 1. The monoisotopic (exact) mass is 231 g/mol. The molecule has 0 fully saturated rings. The summed E-state index contributed by atoms with van der Waals surface area (Å²) in [5.74, 6) is 4.98. The van der Waals surface area contributed by atoms with Crippen molar-refractivity contribution in [1.29, 1.82) is 0 Å². The molecular weight excluding hydrogens is 222 g/mol. The average Bonchev–Trinajstić information content (AvgIpc) is 2.10. The van der Waals surface area contributed by atoms with Gasteiger partial charge in [0.05, 0.1) is 6.61 Å². The number of aliphatic hydroxyl groups excluding tert-OH is 1. The highest BCUT2D eigenvalue weighted by atomic mass is 79.9. The predicted octanol–water partition coefficient (Wildman–Crippen LogP) is 1.37. The fourth-order valence-electron chi connectivity index (χ4n) is 0.904. The normalized spacial score (nSPS) is 12.9. The van der Waals surface area contributed by atoms with Crippen LogP contribution in [0.5, 0.6) is 0 Å². The van der Waals surface area contributed by atoms with Crippen LogP contribution in [-0.2, 0) is 4.84 Å². The topological polar surface area (TPSA) is 55.5 Å². The average molecular weight is 232 g/mol. The fraction of sp³-hybridized carbons (Fsp3) is 0.250. The van der Waals surface area contributed by atoms with Crippen LogP contribution < -0.4 is 5.90 Å². The largest absolute Gasteiger partial charge is 0.393 e. The first-order chi connectivity index (χ1) is 5.77. The van der Waals surface area contributed by atoms with Gasteiger partial charge in [-0.15, -0.1) is 0 Å². The SMILES string of the molecule is NOC(CO)c1ccc(Br)cc1. The maximum absolute atomic E-state index is 8.83. The van der Waals surface area contributed by atoms with Crippen LogP contribution >= 0.6 is 15.9 Å². The van der Waals surface area contributed by atoms with Crippen molar-refractivity contribution in [2.45, 2.75) is 6.10 Å². The van der Waals surface area contributed by atoms with Crippen LogP contribution in [0.2, 0.25) is 0 Å². The molecule has 0 amide bonds. The third-order valence-corrected chi connectivity index (χ3v) is 2.10. The first-order valence-electron chi connectivity index (χ1n) is 3.49. The lowest BCUT2D eigenvalue weighted by Crippen LogP contribution is -2.12. The Bertz CT molecular complexity index is 233. The zero-order valence-corrected chi connectivity index (χ0v) is 7.99. The third kappa shape index (κ3) is 2.28. The molecule has 0 aromatic heterocycles. The minimum Gasteiger partial charge on any atom is -0.393 e. The summed E-state index contributed by atoms with van der Waals surface area (Å²) in [6, 6.07) is 7.43. The molecule has 0 aliphatic carbocycles. The number of rotatable bonds is 3. The van der Waals surface area contributed by atoms with Crippen LogP contribution in [0.3, 0.4) is 0 Å². The van der Waals surface area contributed by atoms with Crippen molar-refractivity contribution in [3.05, 3.63) is 34.3 Å². The molecule has 1 atom stereocenters. The van der Waals surface area contributed by atoms with E-state index in [0.717, 1.165) is 10.0 Å². The van der Waals surface area contributed by atoms with E-state index < -0.39 is 6.10 Å². The number of aliphatic hydroxyl groups is 1. The summed E-state index contributed by atoms with van der Waals surface area (Å²) in [4.78, 5) is 4.56. The van der Waals surface area contributed by atoms with Crippen LogP contribution in [0.1, 0.15) is 11.7 Å². The van der Waals surface area contributed by atoms with E-state index in [9.17, 15) is 0 Å². The van der Waals surface area contributed by atoms with Gasteiger partial charge in [0.2, 0.25) is 0 Å². The number of hydrogen-bond acceptors (Lipinski definition) is 3. The van der Waals surface area contributed by atoms with Gasteiger partial charge >= 0.3 is 0 Å². The van der Waals surface area contributed by atoms with Crippen LogP contribution in [0, 0.1) is 0 Å². The fourth-order valence-corrected chi connectivity index (χ4v) is 1.17. The van der Waals surface area contributed by atoms with Crippen molar-refractivity contribution in [3.63, 3.8) is 0 Å². The van der Waals surface area contributed by atoms with Crippen molar-refractivity contribution in [2.24, 2.45) is 5.90 Å². The van der Waals surface area contributed by atoms with Crippen molar-refractivity contribution in [2.75, 3.05) is 6.61 Å². The number of nitrogens with two attached hydrogens (primary N) is 1. The Labute approximate surface area is 79.2 Å².